The summed E-state index contributed by atoms with van der Waals surface area (Å²) in [5.41, 5.74) is 0.508. The Bertz CT molecular complexity index is 1670. The second kappa shape index (κ2) is 15.1. The van der Waals surface area contributed by atoms with E-state index in [-0.39, 0.29) is 51.8 Å². The number of carbonyl (C=O) groups excluding carboxylic acids is 2. The van der Waals surface area contributed by atoms with E-state index in [4.69, 9.17) is 4.74 Å². The van der Waals surface area contributed by atoms with Gasteiger partial charge >= 0.3 is 11.9 Å². The van der Waals surface area contributed by atoms with Crippen LogP contribution in [0.3, 0.4) is 0 Å². The molecule has 1 heterocycles. The summed E-state index contributed by atoms with van der Waals surface area (Å²) in [6.07, 6.45) is 13.3. The molecule has 0 spiro atoms. The summed E-state index contributed by atoms with van der Waals surface area (Å²) in [7, 11) is 0. The molecule has 0 aromatic heterocycles. The van der Waals surface area contributed by atoms with Crippen molar-refractivity contribution in [3.63, 3.8) is 0 Å². The van der Waals surface area contributed by atoms with Crippen molar-refractivity contribution in [3.8, 4) is 0 Å². The van der Waals surface area contributed by atoms with Crippen molar-refractivity contribution in [2.75, 3.05) is 32.7 Å². The van der Waals surface area contributed by atoms with Gasteiger partial charge in [0.25, 0.3) is 0 Å². The Kier molecular flexibility index (Phi) is 11.6. The highest BCUT2D eigenvalue weighted by Gasteiger charge is 2.71. The first kappa shape index (κ1) is 42.8. The topological polar surface area (TPSA) is 120 Å². The van der Waals surface area contributed by atoms with Crippen LogP contribution in [-0.2, 0) is 19.1 Å². The van der Waals surface area contributed by atoms with Crippen molar-refractivity contribution >= 4 is 24.4 Å². The number of hydrogen-bond donors (Lipinski definition) is 2. The van der Waals surface area contributed by atoms with Crippen molar-refractivity contribution in [1.82, 2.24) is 9.80 Å². The van der Waals surface area contributed by atoms with Crippen LogP contribution in [0.15, 0.2) is 40.2 Å². The largest absolute Gasteiger partial charge is 0.481 e. The first-order valence-corrected chi connectivity index (χ1v) is 21.8. The maximum absolute atomic E-state index is 14.2. The Balaban J connectivity index is 1.24. The quantitative estimate of drug-likeness (QED) is 0.122. The van der Waals surface area contributed by atoms with Gasteiger partial charge in [0.05, 0.1) is 17.9 Å². The average Bonchev–Trinajstić information content (AvgIpc) is 3.44. The van der Waals surface area contributed by atoms with Crippen molar-refractivity contribution in [3.05, 3.63) is 35.2 Å². The van der Waals surface area contributed by atoms with E-state index in [1.807, 2.05) is 25.2 Å². The molecular weight excluding hydrogens is 703 g/mol. The maximum atomic E-state index is 14.2. The Morgan fingerprint density at radius 3 is 2.25 bits per heavy atom. The van der Waals surface area contributed by atoms with Crippen LogP contribution in [0.25, 0.3) is 0 Å². The predicted molar refractivity (Wildman–Crippen MR) is 222 cm³/mol. The number of hydrogen-bond acceptors (Lipinski definition) is 8. The summed E-state index contributed by atoms with van der Waals surface area (Å²) in [5, 5.41) is 22.1. The van der Waals surface area contributed by atoms with Gasteiger partial charge in [-0.05, 0) is 130 Å². The Hall–Kier alpha value is -2.78. The Morgan fingerprint density at radius 1 is 0.964 bits per heavy atom. The lowest BCUT2D eigenvalue weighted by molar-refractivity contribution is -0.235. The van der Waals surface area contributed by atoms with Crippen molar-refractivity contribution in [1.29, 1.82) is 0 Å². The van der Waals surface area contributed by atoms with E-state index >= 15 is 0 Å². The molecule has 1 aliphatic heterocycles. The monoisotopic (exact) mass is 776 g/mol. The number of β-amino-alcohol motifs (C(OH)–C–C–N with tert-alkyl or cyclic N) is 1. The number of nitrogens with zero attached hydrogens (tertiary/aromatic N) is 3. The number of esters is 1. The van der Waals surface area contributed by atoms with Crippen LogP contribution >= 0.6 is 0 Å². The predicted octanol–water partition coefficient (Wildman–Crippen LogP) is 8.48. The number of Topliss-reactive ketones (excluding diaryl/α,β-unsaturated/α-hetero) is 1. The smallest absolute Gasteiger partial charge is 0.309 e. The third-order valence-corrected chi connectivity index (χ3v) is 17.2. The fraction of sp³-hybridized carbons (Fsp3) is 0.787. The van der Waals surface area contributed by atoms with Crippen LogP contribution in [0, 0.1) is 56.2 Å². The summed E-state index contributed by atoms with van der Waals surface area (Å²) in [6, 6.07) is 0. The number of aliphatic imine (C=N–C) groups is 1. The second-order valence-electron chi connectivity index (χ2n) is 21.1. The SMILES string of the molecule is C=N/C(=C\C=C/C)N1CCN(C[C@@H](O)[C@@]23CC[C@]4(C)[C@H](CC[C@@H]5[C@@]6(C)CC[C@H](OC(=O)CC(C)(C)C(=O)O)C(C)(C)[C@@H]6CC[C@]54C)C2=C(C(C)C)C(=O)C3)CC1. The first-order chi connectivity index (χ1) is 26.1. The summed E-state index contributed by atoms with van der Waals surface area (Å²) < 4.78 is 6.19. The summed E-state index contributed by atoms with van der Waals surface area (Å²) >= 11 is 0. The maximum Gasteiger partial charge on any atom is 0.309 e. The molecule has 9 nitrogen and oxygen atoms in total. The van der Waals surface area contributed by atoms with Crippen LogP contribution in [0.5, 0.6) is 0 Å². The van der Waals surface area contributed by atoms with Gasteiger partial charge in [0.2, 0.25) is 0 Å². The molecule has 0 aromatic rings. The molecular formula is C47H73N3O6. The molecule has 56 heavy (non-hydrogen) atoms. The lowest BCUT2D eigenvalue weighted by Crippen LogP contribution is -2.66. The summed E-state index contributed by atoms with van der Waals surface area (Å²) in [6.45, 7) is 29.4. The highest BCUT2D eigenvalue weighted by Crippen LogP contribution is 2.77. The Labute approximate surface area is 337 Å². The van der Waals surface area contributed by atoms with Gasteiger partial charge in [0.1, 0.15) is 11.9 Å². The van der Waals surface area contributed by atoms with Gasteiger partial charge in [-0.3, -0.25) is 19.3 Å². The molecule has 312 valence electrons. The second-order valence-corrected chi connectivity index (χ2v) is 21.1. The standard InChI is InChI=1S/C47H73N3O6/c1-12-13-14-37(48-11)50-25-23-49(24-26-50)29-35(52)47-22-21-45(9)31(40(47)39(30(2)3)32(51)27-47)15-16-34-44(8)19-18-36(56-38(53)28-42(4,5)41(54)55)43(6,7)33(44)17-20-46(34,45)10/h12-14,30-31,33-36,52H,11,15-29H2,1-10H3,(H,54,55)/b13-12-,37-14+/t31-,33+,34-,35-,36+,44+,45-,46-,47+/m1/s1. The van der Waals surface area contributed by atoms with Gasteiger partial charge in [-0.1, -0.05) is 66.2 Å². The van der Waals surface area contributed by atoms with Gasteiger partial charge < -0.3 is 19.8 Å². The zero-order valence-corrected chi connectivity index (χ0v) is 36.4. The summed E-state index contributed by atoms with van der Waals surface area (Å²) in [5.74, 6) is 0.957. The minimum Gasteiger partial charge on any atom is -0.481 e. The van der Waals surface area contributed by atoms with E-state index in [2.05, 4.69) is 70.0 Å². The van der Waals surface area contributed by atoms with Crippen LogP contribution in [-0.4, -0.2) is 89.4 Å². The van der Waals surface area contributed by atoms with E-state index in [1.165, 1.54) is 5.57 Å². The lowest BCUT2D eigenvalue weighted by atomic mass is 9.33. The zero-order valence-electron chi connectivity index (χ0n) is 36.4. The molecule has 0 radical (unpaired) electrons. The molecule has 0 aromatic carbocycles. The Morgan fingerprint density at radius 2 is 1.64 bits per heavy atom. The van der Waals surface area contributed by atoms with Gasteiger partial charge in [0.15, 0.2) is 5.78 Å². The van der Waals surface area contributed by atoms with Gasteiger partial charge in [-0.2, -0.15) is 0 Å². The molecule has 0 amide bonds. The zero-order chi connectivity index (χ0) is 41.2. The van der Waals surface area contributed by atoms with Crippen molar-refractivity contribution in [2.45, 2.75) is 146 Å². The van der Waals surface area contributed by atoms with Crippen LogP contribution in [0.4, 0.5) is 0 Å². The fourth-order valence-electron chi connectivity index (χ4n) is 13.9. The van der Waals surface area contributed by atoms with E-state index in [0.717, 1.165) is 88.9 Å². The molecule has 1 saturated heterocycles. The first-order valence-electron chi connectivity index (χ1n) is 21.8. The van der Waals surface area contributed by atoms with E-state index in [0.29, 0.717) is 24.8 Å². The third kappa shape index (κ3) is 6.76. The average molecular weight is 776 g/mol. The van der Waals surface area contributed by atoms with Crippen LogP contribution < -0.4 is 0 Å². The summed E-state index contributed by atoms with van der Waals surface area (Å²) in [4.78, 5) is 48.0. The van der Waals surface area contributed by atoms with Crippen LogP contribution in [0.1, 0.15) is 133 Å². The third-order valence-electron chi connectivity index (χ3n) is 17.2. The fourth-order valence-corrected chi connectivity index (χ4v) is 13.9. The molecule has 6 rings (SSSR count). The highest BCUT2D eigenvalue weighted by molar-refractivity contribution is 6.00. The van der Waals surface area contributed by atoms with Gasteiger partial charge in [0, 0.05) is 50.0 Å². The minimum absolute atomic E-state index is 0.0118. The van der Waals surface area contributed by atoms with Crippen molar-refractivity contribution in [2.24, 2.45) is 61.2 Å². The number of fused-ring (bicyclic) bond motifs is 7. The number of allylic oxidation sites excluding steroid dienone is 4. The number of carbonyl (C=O) groups is 3. The number of aliphatic carboxylic acids is 1. The molecule has 9 atom stereocenters. The highest BCUT2D eigenvalue weighted by atomic mass is 16.5. The van der Waals surface area contributed by atoms with E-state index < -0.39 is 28.9 Å². The molecule has 0 unspecified atom stereocenters. The number of rotatable bonds is 11. The number of ketones is 1. The molecule has 4 saturated carbocycles. The molecule has 6 aliphatic rings. The molecule has 9 heteroatoms. The number of carboxylic acid groups (broad SMARTS) is 1. The number of piperazine rings is 1. The number of carboxylic acids is 1. The number of ether oxygens (including phenoxy) is 1. The van der Waals surface area contributed by atoms with Crippen molar-refractivity contribution < 1.29 is 29.3 Å². The normalized spacial score (nSPS) is 38.2. The molecule has 5 aliphatic carbocycles. The molecule has 2 N–H and O–H groups in total. The lowest BCUT2D eigenvalue weighted by Gasteiger charge is -2.72. The molecule has 5 fully saturated rings. The van der Waals surface area contributed by atoms with E-state index in [9.17, 15) is 24.6 Å². The van der Waals surface area contributed by atoms with Gasteiger partial charge in [-0.15, -0.1) is 0 Å². The molecule has 0 bridgehead atoms. The number of aliphatic hydroxyl groups is 1. The minimum atomic E-state index is -1.17. The van der Waals surface area contributed by atoms with E-state index in [1.54, 1.807) is 13.8 Å². The van der Waals surface area contributed by atoms with Gasteiger partial charge in [-0.25, -0.2) is 4.99 Å². The number of aliphatic hydroxyl groups excluding tert-OH is 1. The van der Waals surface area contributed by atoms with Crippen LogP contribution in [0.2, 0.25) is 0 Å².